The summed E-state index contributed by atoms with van der Waals surface area (Å²) in [5.74, 6) is -0.701. The second-order valence-corrected chi connectivity index (χ2v) is 5.60. The third kappa shape index (κ3) is 6.12. The monoisotopic (exact) mass is 327 g/mol. The summed E-state index contributed by atoms with van der Waals surface area (Å²) in [6.07, 6.45) is 2.05. The highest BCUT2D eigenvalue weighted by Crippen LogP contribution is 2.18. The molecule has 0 spiro atoms. The zero-order valence-electron chi connectivity index (χ0n) is 13.6. The summed E-state index contributed by atoms with van der Waals surface area (Å²) < 4.78 is 5.09. The summed E-state index contributed by atoms with van der Waals surface area (Å²) in [5, 5.41) is 11.4. The highest BCUT2D eigenvalue weighted by atomic mass is 16.5. The second-order valence-electron chi connectivity index (χ2n) is 5.60. The number of aliphatic carboxylic acids is 1. The van der Waals surface area contributed by atoms with E-state index in [2.05, 4.69) is 29.6 Å². The van der Waals surface area contributed by atoms with Crippen LogP contribution in [-0.2, 0) is 16.0 Å². The Morgan fingerprint density at radius 3 is 2.58 bits per heavy atom. The standard InChI is InChI=1S/C19H21NO4/c1-14-8-10-15(11-9-14)4-2-7-18(21)20-16-5-3-6-17(12-16)24-13-19(22)23/h3,5-6,8-12H,2,4,7,13H2,1H3,(H,20,21)(H,22,23). The summed E-state index contributed by atoms with van der Waals surface area (Å²) in [4.78, 5) is 22.5. The number of carboxylic acid groups (broad SMARTS) is 1. The maximum Gasteiger partial charge on any atom is 0.341 e. The molecule has 0 fully saturated rings. The highest BCUT2D eigenvalue weighted by molar-refractivity contribution is 5.90. The lowest BCUT2D eigenvalue weighted by Crippen LogP contribution is -2.12. The van der Waals surface area contributed by atoms with Crippen LogP contribution in [0, 0.1) is 6.92 Å². The average molecular weight is 327 g/mol. The fraction of sp³-hybridized carbons (Fsp3) is 0.263. The predicted molar refractivity (Wildman–Crippen MR) is 92.3 cm³/mol. The lowest BCUT2D eigenvalue weighted by Gasteiger charge is -2.08. The van der Waals surface area contributed by atoms with E-state index in [1.165, 1.54) is 11.1 Å². The van der Waals surface area contributed by atoms with Gasteiger partial charge in [-0.1, -0.05) is 35.9 Å². The van der Waals surface area contributed by atoms with Crippen molar-refractivity contribution in [2.24, 2.45) is 0 Å². The maximum atomic E-state index is 12.0. The van der Waals surface area contributed by atoms with E-state index in [9.17, 15) is 9.59 Å². The first-order valence-corrected chi connectivity index (χ1v) is 7.83. The Morgan fingerprint density at radius 2 is 1.88 bits per heavy atom. The number of anilines is 1. The van der Waals surface area contributed by atoms with E-state index in [1.807, 2.05) is 6.92 Å². The summed E-state index contributed by atoms with van der Waals surface area (Å²) in [6.45, 7) is 1.64. The molecule has 1 amide bonds. The molecule has 2 N–H and O–H groups in total. The number of carboxylic acids is 1. The average Bonchev–Trinajstić information content (AvgIpc) is 2.55. The molecule has 0 atom stereocenters. The maximum absolute atomic E-state index is 12.0. The molecule has 0 aliphatic heterocycles. The fourth-order valence-electron chi connectivity index (χ4n) is 2.24. The minimum atomic E-state index is -1.04. The van der Waals surface area contributed by atoms with E-state index < -0.39 is 12.6 Å². The van der Waals surface area contributed by atoms with Gasteiger partial charge in [0.25, 0.3) is 0 Å². The number of hydrogen-bond donors (Lipinski definition) is 2. The number of hydrogen-bond acceptors (Lipinski definition) is 3. The molecule has 2 aromatic rings. The van der Waals surface area contributed by atoms with Gasteiger partial charge in [0.15, 0.2) is 6.61 Å². The van der Waals surface area contributed by atoms with E-state index >= 15 is 0 Å². The van der Waals surface area contributed by atoms with E-state index in [-0.39, 0.29) is 5.91 Å². The minimum Gasteiger partial charge on any atom is -0.482 e. The zero-order valence-corrected chi connectivity index (χ0v) is 13.6. The predicted octanol–water partition coefficient (Wildman–Crippen LogP) is 3.42. The largest absolute Gasteiger partial charge is 0.482 e. The summed E-state index contributed by atoms with van der Waals surface area (Å²) in [6, 6.07) is 15.0. The smallest absolute Gasteiger partial charge is 0.341 e. The van der Waals surface area contributed by atoms with Crippen molar-refractivity contribution in [3.05, 3.63) is 59.7 Å². The van der Waals surface area contributed by atoms with Crippen molar-refractivity contribution in [1.82, 2.24) is 0 Å². The third-order valence-corrected chi connectivity index (χ3v) is 3.47. The molecular formula is C19H21NO4. The van der Waals surface area contributed by atoms with Crippen molar-refractivity contribution in [2.45, 2.75) is 26.2 Å². The van der Waals surface area contributed by atoms with Gasteiger partial charge in [-0.25, -0.2) is 4.79 Å². The van der Waals surface area contributed by atoms with Crippen LogP contribution in [0.15, 0.2) is 48.5 Å². The first kappa shape index (κ1) is 17.5. The van der Waals surface area contributed by atoms with Crippen molar-refractivity contribution in [3.63, 3.8) is 0 Å². The van der Waals surface area contributed by atoms with Crippen LogP contribution in [-0.4, -0.2) is 23.6 Å². The molecule has 0 bridgehead atoms. The fourth-order valence-corrected chi connectivity index (χ4v) is 2.24. The van der Waals surface area contributed by atoms with Gasteiger partial charge < -0.3 is 15.2 Å². The van der Waals surface area contributed by atoms with E-state index in [4.69, 9.17) is 9.84 Å². The van der Waals surface area contributed by atoms with Gasteiger partial charge >= 0.3 is 5.97 Å². The lowest BCUT2D eigenvalue weighted by molar-refractivity contribution is -0.139. The van der Waals surface area contributed by atoms with E-state index in [1.54, 1.807) is 24.3 Å². The van der Waals surface area contributed by atoms with Crippen LogP contribution in [0.1, 0.15) is 24.0 Å². The number of aryl methyl sites for hydroxylation is 2. The molecule has 0 heterocycles. The number of carbonyl (C=O) groups is 2. The van der Waals surface area contributed by atoms with E-state index in [0.717, 1.165) is 12.8 Å². The number of rotatable bonds is 8. The molecular weight excluding hydrogens is 306 g/mol. The minimum absolute atomic E-state index is 0.0718. The Bertz CT molecular complexity index is 695. The molecule has 126 valence electrons. The van der Waals surface area contributed by atoms with Gasteiger partial charge in [0.05, 0.1) is 0 Å². The van der Waals surface area contributed by atoms with Gasteiger partial charge in [-0.3, -0.25) is 4.79 Å². The normalized spacial score (nSPS) is 10.2. The molecule has 24 heavy (non-hydrogen) atoms. The van der Waals surface area contributed by atoms with Gasteiger partial charge in [-0.2, -0.15) is 0 Å². The molecule has 5 heteroatoms. The van der Waals surface area contributed by atoms with E-state index in [0.29, 0.717) is 17.9 Å². The first-order chi connectivity index (χ1) is 11.5. The number of carbonyl (C=O) groups excluding carboxylic acids is 1. The molecule has 2 aromatic carbocycles. The first-order valence-electron chi connectivity index (χ1n) is 7.83. The second kappa shape index (κ2) is 8.72. The van der Waals surface area contributed by atoms with Crippen molar-refractivity contribution in [1.29, 1.82) is 0 Å². The molecule has 0 saturated carbocycles. The van der Waals surface area contributed by atoms with Crippen molar-refractivity contribution < 1.29 is 19.4 Å². The Balaban J connectivity index is 1.78. The number of nitrogens with one attached hydrogen (secondary N) is 1. The Hall–Kier alpha value is -2.82. The summed E-state index contributed by atoms with van der Waals surface area (Å²) in [7, 11) is 0. The van der Waals surface area contributed by atoms with Gasteiger partial charge in [0.1, 0.15) is 5.75 Å². The molecule has 0 unspecified atom stereocenters. The van der Waals surface area contributed by atoms with Crippen LogP contribution >= 0.6 is 0 Å². The van der Waals surface area contributed by atoms with Crippen molar-refractivity contribution in [2.75, 3.05) is 11.9 Å². The third-order valence-electron chi connectivity index (χ3n) is 3.47. The molecule has 0 aliphatic rings. The zero-order chi connectivity index (χ0) is 17.4. The molecule has 0 radical (unpaired) electrons. The number of amides is 1. The Labute approximate surface area is 141 Å². The molecule has 0 aliphatic carbocycles. The van der Waals surface area contributed by atoms with Crippen LogP contribution in [0.25, 0.3) is 0 Å². The number of ether oxygens (including phenoxy) is 1. The van der Waals surface area contributed by atoms with Crippen LogP contribution < -0.4 is 10.1 Å². The van der Waals surface area contributed by atoms with Crippen molar-refractivity contribution >= 4 is 17.6 Å². The molecule has 2 rings (SSSR count). The van der Waals surface area contributed by atoms with Gasteiger partial charge in [0.2, 0.25) is 5.91 Å². The Morgan fingerprint density at radius 1 is 1.12 bits per heavy atom. The highest BCUT2D eigenvalue weighted by Gasteiger charge is 2.05. The molecule has 0 aromatic heterocycles. The van der Waals surface area contributed by atoms with Gasteiger partial charge in [-0.15, -0.1) is 0 Å². The lowest BCUT2D eigenvalue weighted by atomic mass is 10.1. The molecule has 0 saturated heterocycles. The Kier molecular flexibility index (Phi) is 6.37. The quantitative estimate of drug-likeness (QED) is 0.779. The van der Waals surface area contributed by atoms with Gasteiger partial charge in [0, 0.05) is 18.2 Å². The summed E-state index contributed by atoms with van der Waals surface area (Å²) >= 11 is 0. The van der Waals surface area contributed by atoms with Crippen LogP contribution in [0.5, 0.6) is 5.75 Å². The number of benzene rings is 2. The van der Waals surface area contributed by atoms with Crippen molar-refractivity contribution in [3.8, 4) is 5.75 Å². The molecule has 5 nitrogen and oxygen atoms in total. The SMILES string of the molecule is Cc1ccc(CCCC(=O)Nc2cccc(OCC(=O)O)c2)cc1. The van der Waals surface area contributed by atoms with Crippen LogP contribution in [0.2, 0.25) is 0 Å². The van der Waals surface area contributed by atoms with Crippen LogP contribution in [0.3, 0.4) is 0 Å². The van der Waals surface area contributed by atoms with Gasteiger partial charge in [-0.05, 0) is 37.5 Å². The summed E-state index contributed by atoms with van der Waals surface area (Å²) in [5.41, 5.74) is 3.04. The van der Waals surface area contributed by atoms with Crippen LogP contribution in [0.4, 0.5) is 5.69 Å². The topological polar surface area (TPSA) is 75.6 Å².